The normalized spacial score (nSPS) is 15.3. The van der Waals surface area contributed by atoms with E-state index in [1.807, 2.05) is 90.1 Å². The van der Waals surface area contributed by atoms with Crippen LogP contribution in [0.2, 0.25) is 0 Å². The van der Waals surface area contributed by atoms with E-state index >= 15 is 0 Å². The molecule has 97 heavy (non-hydrogen) atoms. The zero-order valence-corrected chi connectivity index (χ0v) is 58.5. The standard InChI is InChI=1S/2C25H31NO7.C15H14O3.C8H15NO4/c1-15(27)30-22-18-11-13-25(5,6)32-20(18)16-9-7-8-10-17(16)21(22)31-19(28)12-14-26-23(29)33-24(2,3)4;1-15(27)30-21-17-10-8-7-9-16(17)20-18(11-13-25(5,6)32-20)22(21)31-19(28)12-14-26-23(29)33-24(2,3)4;1-15(2)8-7-11-13(17)12(16)9-5-3-4-6-10(9)14(11)18-15;1-8(2,3)13-7(12)9-5-4-6(10)11/h2*7-10H,11-14H2,1-6H3,(H,26,29);3-6H,7-8H2,1-2H3;4-5H2,1-3H3,(H,9,12)(H,10,11). The lowest BCUT2D eigenvalue weighted by atomic mass is 9.82. The highest BCUT2D eigenvalue weighted by Gasteiger charge is 2.40. The fourth-order valence-electron chi connectivity index (χ4n) is 10.3. The molecule has 0 unspecified atom stereocenters. The van der Waals surface area contributed by atoms with Gasteiger partial charge in [0.2, 0.25) is 11.6 Å². The summed E-state index contributed by atoms with van der Waals surface area (Å²) in [5, 5.41) is 18.4. The van der Waals surface area contributed by atoms with Gasteiger partial charge in [-0.2, -0.15) is 0 Å². The first kappa shape index (κ1) is 76.3. The Morgan fingerprint density at radius 3 is 1.20 bits per heavy atom. The number of hydrogen-bond donors (Lipinski definition) is 4. The molecule has 0 aromatic heterocycles. The number of carboxylic acid groups (broad SMARTS) is 1. The van der Waals surface area contributed by atoms with Crippen molar-refractivity contribution >= 4 is 87.0 Å². The molecule has 3 aliphatic heterocycles. The van der Waals surface area contributed by atoms with Crippen LogP contribution in [0, 0.1) is 0 Å². The fourth-order valence-corrected chi connectivity index (χ4v) is 10.3. The van der Waals surface area contributed by atoms with Gasteiger partial charge in [-0.15, -0.1) is 0 Å². The molecule has 4 N–H and O–H groups in total. The number of alkyl carbamates (subject to hydrolysis) is 3. The molecule has 24 heteroatoms. The summed E-state index contributed by atoms with van der Waals surface area (Å²) < 4.78 is 56.1. The Hall–Kier alpha value is -9.74. The van der Waals surface area contributed by atoms with Crippen molar-refractivity contribution in [3.8, 4) is 34.5 Å². The molecule has 5 aromatic rings. The van der Waals surface area contributed by atoms with Crippen molar-refractivity contribution in [3.63, 3.8) is 0 Å². The van der Waals surface area contributed by atoms with Crippen LogP contribution in [0.1, 0.15) is 190 Å². The first-order valence-electron chi connectivity index (χ1n) is 32.1. The van der Waals surface area contributed by atoms with Crippen LogP contribution in [0.15, 0.2) is 78.4 Å². The van der Waals surface area contributed by atoms with E-state index in [-0.39, 0.29) is 73.1 Å². The number of ketones is 2. The van der Waals surface area contributed by atoms with Crippen LogP contribution in [-0.2, 0) is 60.6 Å². The van der Waals surface area contributed by atoms with Gasteiger partial charge >= 0.3 is 48.1 Å². The van der Waals surface area contributed by atoms with Crippen molar-refractivity contribution in [2.24, 2.45) is 0 Å². The van der Waals surface area contributed by atoms with Gasteiger partial charge in [-0.25, -0.2) is 14.4 Å². The predicted octanol–water partition coefficient (Wildman–Crippen LogP) is 13.1. The van der Waals surface area contributed by atoms with E-state index in [0.717, 1.165) is 22.8 Å². The van der Waals surface area contributed by atoms with Gasteiger partial charge in [0, 0.05) is 82.9 Å². The molecule has 3 heterocycles. The van der Waals surface area contributed by atoms with E-state index in [1.165, 1.54) is 13.8 Å². The number of ether oxygens (including phenoxy) is 10. The number of amides is 3. The molecular weight excluding hydrogens is 1250 g/mol. The molecule has 0 bridgehead atoms. The molecule has 0 fully saturated rings. The lowest BCUT2D eigenvalue weighted by Crippen LogP contribution is -2.34. The predicted molar refractivity (Wildman–Crippen MR) is 359 cm³/mol. The number of hydrogen-bond acceptors (Lipinski definition) is 20. The lowest BCUT2D eigenvalue weighted by Gasteiger charge is -2.36. The first-order chi connectivity index (χ1) is 45.0. The number of benzene rings is 5. The van der Waals surface area contributed by atoms with Crippen molar-refractivity contribution in [2.45, 2.75) is 209 Å². The zero-order chi connectivity index (χ0) is 72.2. The minimum absolute atomic E-state index is 0.0376. The Kier molecular flexibility index (Phi) is 24.7. The van der Waals surface area contributed by atoms with Crippen molar-refractivity contribution in [3.05, 3.63) is 101 Å². The summed E-state index contributed by atoms with van der Waals surface area (Å²) in [6.45, 7) is 30.5. The molecule has 0 radical (unpaired) electrons. The first-order valence-corrected chi connectivity index (χ1v) is 32.1. The molecule has 0 atom stereocenters. The van der Waals surface area contributed by atoms with E-state index in [9.17, 15) is 47.9 Å². The molecule has 3 amide bonds. The summed E-state index contributed by atoms with van der Waals surface area (Å²) in [7, 11) is 0. The van der Waals surface area contributed by atoms with Gasteiger partial charge in [0.25, 0.3) is 0 Å². The molecular formula is C73H91N3O21. The van der Waals surface area contributed by atoms with Gasteiger partial charge in [0.1, 0.15) is 50.9 Å². The van der Waals surface area contributed by atoms with E-state index in [0.29, 0.717) is 82.4 Å². The van der Waals surface area contributed by atoms with Crippen LogP contribution >= 0.6 is 0 Å². The van der Waals surface area contributed by atoms with Crippen molar-refractivity contribution in [1.29, 1.82) is 0 Å². The fraction of sp³-hybridized carbons (Fsp3) is 0.479. The number of rotatable bonds is 13. The monoisotopic (exact) mass is 1350 g/mol. The molecule has 24 nitrogen and oxygen atoms in total. The highest BCUT2D eigenvalue weighted by Crippen LogP contribution is 2.52. The average molecular weight is 1350 g/mol. The smallest absolute Gasteiger partial charge is 0.407 e. The minimum atomic E-state index is -0.948. The number of carbonyl (C=O) groups is 10. The Bertz CT molecular complexity index is 3870. The summed E-state index contributed by atoms with van der Waals surface area (Å²) >= 11 is 0. The Balaban J connectivity index is 0.000000217. The van der Waals surface area contributed by atoms with Gasteiger partial charge in [-0.3, -0.25) is 33.6 Å². The largest absolute Gasteiger partial charge is 0.487 e. The maximum atomic E-state index is 12.7. The molecule has 1 aliphatic carbocycles. The van der Waals surface area contributed by atoms with Gasteiger partial charge in [-0.1, -0.05) is 72.8 Å². The van der Waals surface area contributed by atoms with Crippen LogP contribution in [-0.4, -0.2) is 118 Å². The van der Waals surface area contributed by atoms with Crippen LogP contribution < -0.4 is 44.4 Å². The van der Waals surface area contributed by atoms with E-state index < -0.39 is 82.1 Å². The minimum Gasteiger partial charge on any atom is -0.487 e. The van der Waals surface area contributed by atoms with Gasteiger partial charge in [-0.05, 0) is 142 Å². The van der Waals surface area contributed by atoms with E-state index in [4.69, 9.17) is 52.5 Å². The highest BCUT2D eigenvalue weighted by atomic mass is 16.6. The molecule has 4 aliphatic rings. The highest BCUT2D eigenvalue weighted by molar-refractivity contribution is 6.52. The molecule has 0 spiro atoms. The number of carboxylic acids is 1. The SMILES string of the molecule is CC(=O)Oc1c(OC(=O)CCNC(=O)OC(C)(C)C)c2c(c3ccccc13)OC(C)(C)CC2.CC(=O)Oc1c2c(c3ccccc3c1OC(=O)CCNC(=O)OC(C)(C)C)OC(C)(C)CC2.CC(C)(C)OC(=O)NCCC(=O)O.CC1(C)CCC2=C(O1)c1ccccc1C(=O)C2=O. The Morgan fingerprint density at radius 2 is 0.784 bits per heavy atom. The lowest BCUT2D eigenvalue weighted by molar-refractivity contribution is -0.137. The second-order valence-electron chi connectivity index (χ2n) is 28.2. The van der Waals surface area contributed by atoms with E-state index in [2.05, 4.69) is 16.0 Å². The van der Waals surface area contributed by atoms with Crippen LogP contribution in [0.4, 0.5) is 14.4 Å². The topological polar surface area (TPSA) is 319 Å². The summed E-state index contributed by atoms with van der Waals surface area (Å²) in [6, 6.07) is 21.9. The number of allylic oxidation sites excluding steroid dienone is 1. The maximum absolute atomic E-state index is 12.7. The number of carbonyl (C=O) groups excluding carboxylic acids is 9. The van der Waals surface area contributed by atoms with Gasteiger partial charge in [0.15, 0.2) is 23.0 Å². The number of Topliss-reactive ketones (excluding diaryl/α,β-unsaturated/α-hetero) is 2. The molecule has 524 valence electrons. The number of nitrogens with one attached hydrogen (secondary N) is 3. The summed E-state index contributed by atoms with van der Waals surface area (Å²) in [4.78, 5) is 118. The molecule has 0 saturated carbocycles. The second-order valence-corrected chi connectivity index (χ2v) is 28.2. The second kappa shape index (κ2) is 31.4. The van der Waals surface area contributed by atoms with Gasteiger partial charge in [0.05, 0.1) is 19.3 Å². The number of esters is 4. The van der Waals surface area contributed by atoms with Crippen LogP contribution in [0.5, 0.6) is 34.5 Å². The van der Waals surface area contributed by atoms with Crippen molar-refractivity contribution in [2.75, 3.05) is 19.6 Å². The summed E-state index contributed by atoms with van der Waals surface area (Å²) in [5.74, 6) is -1.40. The molecule has 0 saturated heterocycles. The third-order valence-electron chi connectivity index (χ3n) is 14.5. The average Bonchev–Trinajstić information content (AvgIpc) is 0.762. The molecule has 9 rings (SSSR count). The van der Waals surface area contributed by atoms with E-state index in [1.54, 1.807) is 86.6 Å². The Morgan fingerprint density at radius 1 is 0.443 bits per heavy atom. The quantitative estimate of drug-likeness (QED) is 0.0368. The zero-order valence-electron chi connectivity index (χ0n) is 58.5. The number of aliphatic carboxylic acids is 1. The van der Waals surface area contributed by atoms with Crippen LogP contribution in [0.3, 0.4) is 0 Å². The van der Waals surface area contributed by atoms with Crippen molar-refractivity contribution in [1.82, 2.24) is 16.0 Å². The third-order valence-corrected chi connectivity index (χ3v) is 14.5. The Labute approximate surface area is 565 Å². The number of fused-ring (bicyclic) bond motifs is 8. The summed E-state index contributed by atoms with van der Waals surface area (Å²) in [6.07, 6.45) is 1.86. The molecule has 5 aromatic carbocycles. The van der Waals surface area contributed by atoms with Crippen molar-refractivity contribution < 1.29 is 100 Å². The van der Waals surface area contributed by atoms with Crippen LogP contribution in [0.25, 0.3) is 27.3 Å². The van der Waals surface area contributed by atoms with Gasteiger partial charge < -0.3 is 68.4 Å². The summed E-state index contributed by atoms with van der Waals surface area (Å²) in [5.41, 5.74) is 0.243. The third kappa shape index (κ3) is 22.4. The maximum Gasteiger partial charge on any atom is 0.407 e.